The van der Waals surface area contributed by atoms with E-state index in [0.717, 1.165) is 0 Å². The molecule has 0 amide bonds. The summed E-state index contributed by atoms with van der Waals surface area (Å²) < 4.78 is 1.18. The van der Waals surface area contributed by atoms with Crippen LogP contribution in [0.3, 0.4) is 0 Å². The first-order valence-electron chi connectivity index (χ1n) is 8.67. The predicted octanol–water partition coefficient (Wildman–Crippen LogP) is 7.72. The second-order valence-electron chi connectivity index (χ2n) is 7.61. The van der Waals surface area contributed by atoms with Gasteiger partial charge in [0.15, 0.2) is 0 Å². The van der Waals surface area contributed by atoms with Crippen molar-refractivity contribution < 1.29 is 0 Å². The smallest absolute Gasteiger partial charge is 0.0332 e. The first-order chi connectivity index (χ1) is 12.0. The van der Waals surface area contributed by atoms with Gasteiger partial charge < -0.3 is 0 Å². The molecule has 0 saturated carbocycles. The van der Waals surface area contributed by atoms with E-state index in [1.54, 1.807) is 0 Å². The highest BCUT2D eigenvalue weighted by Gasteiger charge is 2.17. The molecule has 0 radical (unpaired) electrons. The Hall–Kier alpha value is -2.12. The minimum atomic E-state index is 0.136. The molecule has 0 aliphatic heterocycles. The zero-order chi connectivity index (χ0) is 17.6. The molecule has 0 aliphatic rings. The minimum Gasteiger partial charge on any atom is -0.0616 e. The lowest BCUT2D eigenvalue weighted by Crippen LogP contribution is -2.10. The Morgan fingerprint density at radius 2 is 1.16 bits per heavy atom. The maximum absolute atomic E-state index is 3.84. The van der Waals surface area contributed by atoms with Gasteiger partial charge in [-0.2, -0.15) is 0 Å². The summed E-state index contributed by atoms with van der Waals surface area (Å²) in [6.07, 6.45) is 0. The van der Waals surface area contributed by atoms with Crippen molar-refractivity contribution in [3.63, 3.8) is 0 Å². The molecule has 4 rings (SSSR count). The largest absolute Gasteiger partial charge is 0.0616 e. The lowest BCUT2D eigenvalue weighted by atomic mass is 9.84. The fraction of sp³-hybridized carbons (Fsp3) is 0.167. The molecule has 0 aliphatic carbocycles. The number of halogens is 1. The lowest BCUT2D eigenvalue weighted by Gasteiger charge is -2.21. The lowest BCUT2D eigenvalue weighted by molar-refractivity contribution is 0.590. The number of hydrogen-bond donors (Lipinski definition) is 0. The highest BCUT2D eigenvalue weighted by Crippen LogP contribution is 2.42. The van der Waals surface area contributed by atoms with E-state index in [1.807, 2.05) is 0 Å². The summed E-state index contributed by atoms with van der Waals surface area (Å²) in [6, 6.07) is 26.3. The summed E-state index contributed by atoms with van der Waals surface area (Å²) in [7, 11) is 0. The highest BCUT2D eigenvalue weighted by molar-refractivity contribution is 9.10. The van der Waals surface area contributed by atoms with Crippen molar-refractivity contribution in [2.45, 2.75) is 26.2 Å². The minimum absolute atomic E-state index is 0.136. The Morgan fingerprint density at radius 3 is 1.68 bits per heavy atom. The molecule has 4 aromatic rings. The number of fused-ring (bicyclic) bond motifs is 2. The van der Waals surface area contributed by atoms with Gasteiger partial charge in [0.1, 0.15) is 0 Å². The summed E-state index contributed by atoms with van der Waals surface area (Å²) in [4.78, 5) is 0. The Labute approximate surface area is 157 Å². The van der Waals surface area contributed by atoms with E-state index in [2.05, 4.69) is 109 Å². The Morgan fingerprint density at radius 1 is 0.640 bits per heavy atom. The number of hydrogen-bond acceptors (Lipinski definition) is 0. The number of benzene rings is 4. The quantitative estimate of drug-likeness (QED) is 0.292. The summed E-state index contributed by atoms with van der Waals surface area (Å²) in [5.74, 6) is 0. The third kappa shape index (κ3) is 2.77. The first kappa shape index (κ1) is 16.4. The van der Waals surface area contributed by atoms with E-state index < -0.39 is 0 Å². The molecule has 4 aromatic carbocycles. The van der Waals surface area contributed by atoms with Crippen LogP contribution in [0.15, 0.2) is 77.3 Å². The van der Waals surface area contributed by atoms with Crippen LogP contribution in [-0.4, -0.2) is 0 Å². The van der Waals surface area contributed by atoms with E-state index in [1.165, 1.54) is 42.7 Å². The normalized spacial score (nSPS) is 12.0. The van der Waals surface area contributed by atoms with E-state index >= 15 is 0 Å². The summed E-state index contributed by atoms with van der Waals surface area (Å²) in [5.41, 5.74) is 4.10. The Kier molecular flexibility index (Phi) is 3.92. The molecule has 25 heavy (non-hydrogen) atoms. The van der Waals surface area contributed by atoms with Crippen molar-refractivity contribution in [1.29, 1.82) is 0 Å². The van der Waals surface area contributed by atoms with E-state index in [0.29, 0.717) is 0 Å². The van der Waals surface area contributed by atoms with Crippen molar-refractivity contribution >= 4 is 37.5 Å². The molecular weight excluding hydrogens is 368 g/mol. The van der Waals surface area contributed by atoms with Crippen LogP contribution in [0.1, 0.15) is 26.3 Å². The van der Waals surface area contributed by atoms with Gasteiger partial charge in [-0.05, 0) is 59.6 Å². The van der Waals surface area contributed by atoms with E-state index in [9.17, 15) is 0 Å². The maximum atomic E-state index is 3.84. The molecule has 124 valence electrons. The fourth-order valence-corrected chi connectivity index (χ4v) is 4.22. The van der Waals surface area contributed by atoms with Crippen LogP contribution in [0.25, 0.3) is 32.7 Å². The van der Waals surface area contributed by atoms with Crippen LogP contribution in [0.4, 0.5) is 0 Å². The molecule has 0 spiro atoms. The molecule has 0 aromatic heterocycles. The van der Waals surface area contributed by atoms with Crippen molar-refractivity contribution in [2.75, 3.05) is 0 Å². The average molecular weight is 389 g/mol. The standard InChI is InChI=1S/C24H21Br/c1-24(2,3)17-10-8-9-16(15-17)22-18-11-4-6-13-20(18)23(25)21-14-7-5-12-19(21)22/h4-15H,1-3H3. The molecule has 0 fully saturated rings. The van der Waals surface area contributed by atoms with Crippen LogP contribution in [0, 0.1) is 0 Å². The molecule has 0 atom stereocenters. The monoisotopic (exact) mass is 388 g/mol. The van der Waals surface area contributed by atoms with Gasteiger partial charge in [0, 0.05) is 4.47 Å². The molecule has 0 bridgehead atoms. The zero-order valence-corrected chi connectivity index (χ0v) is 16.4. The van der Waals surface area contributed by atoms with Crippen molar-refractivity contribution in [2.24, 2.45) is 0 Å². The topological polar surface area (TPSA) is 0 Å². The van der Waals surface area contributed by atoms with Gasteiger partial charge in [-0.25, -0.2) is 0 Å². The second-order valence-corrected chi connectivity index (χ2v) is 8.40. The zero-order valence-electron chi connectivity index (χ0n) is 14.8. The van der Waals surface area contributed by atoms with Gasteiger partial charge in [-0.15, -0.1) is 0 Å². The summed E-state index contributed by atoms with van der Waals surface area (Å²) in [5, 5.41) is 5.10. The fourth-order valence-electron chi connectivity index (χ4n) is 3.53. The predicted molar refractivity (Wildman–Crippen MR) is 113 cm³/mol. The third-order valence-electron chi connectivity index (χ3n) is 4.88. The first-order valence-corrected chi connectivity index (χ1v) is 9.46. The van der Waals surface area contributed by atoms with Gasteiger partial charge in [0.05, 0.1) is 0 Å². The Balaban J connectivity index is 2.15. The third-order valence-corrected chi connectivity index (χ3v) is 5.74. The molecule has 0 unspecified atom stereocenters. The SMILES string of the molecule is CC(C)(C)c1cccc(-c2c3ccccc3c(Br)c3ccccc23)c1. The van der Waals surface area contributed by atoms with E-state index in [-0.39, 0.29) is 5.41 Å². The van der Waals surface area contributed by atoms with Gasteiger partial charge in [0.25, 0.3) is 0 Å². The second kappa shape index (κ2) is 6.00. The van der Waals surface area contributed by atoms with Crippen LogP contribution in [0.5, 0.6) is 0 Å². The molecule has 0 heterocycles. The summed E-state index contributed by atoms with van der Waals surface area (Å²) in [6.45, 7) is 6.80. The maximum Gasteiger partial charge on any atom is 0.0332 e. The van der Waals surface area contributed by atoms with Crippen molar-refractivity contribution in [1.82, 2.24) is 0 Å². The molecule has 0 nitrogen and oxygen atoms in total. The van der Waals surface area contributed by atoms with E-state index in [4.69, 9.17) is 0 Å². The van der Waals surface area contributed by atoms with Gasteiger partial charge in [0.2, 0.25) is 0 Å². The molecular formula is C24H21Br. The average Bonchev–Trinajstić information content (AvgIpc) is 2.62. The van der Waals surface area contributed by atoms with Gasteiger partial charge in [-0.1, -0.05) is 93.6 Å². The van der Waals surface area contributed by atoms with Gasteiger partial charge >= 0.3 is 0 Å². The molecule has 0 saturated heterocycles. The molecule has 1 heteroatoms. The molecule has 0 N–H and O–H groups in total. The van der Waals surface area contributed by atoms with Gasteiger partial charge in [-0.3, -0.25) is 0 Å². The number of rotatable bonds is 1. The van der Waals surface area contributed by atoms with Crippen LogP contribution in [0.2, 0.25) is 0 Å². The summed E-state index contributed by atoms with van der Waals surface area (Å²) >= 11 is 3.84. The van der Waals surface area contributed by atoms with Crippen LogP contribution >= 0.6 is 15.9 Å². The Bertz CT molecular complexity index is 1030. The van der Waals surface area contributed by atoms with Crippen LogP contribution < -0.4 is 0 Å². The van der Waals surface area contributed by atoms with Crippen molar-refractivity contribution in [3.8, 4) is 11.1 Å². The highest BCUT2D eigenvalue weighted by atomic mass is 79.9. The van der Waals surface area contributed by atoms with Crippen molar-refractivity contribution in [3.05, 3.63) is 82.8 Å². The van der Waals surface area contributed by atoms with Crippen LogP contribution in [-0.2, 0) is 5.41 Å².